The summed E-state index contributed by atoms with van der Waals surface area (Å²) in [6, 6.07) is 1.80. The second-order valence-electron chi connectivity index (χ2n) is 6.91. The van der Waals surface area contributed by atoms with E-state index in [0.717, 1.165) is 17.0 Å². The van der Waals surface area contributed by atoms with Crippen LogP contribution in [-0.4, -0.2) is 62.5 Å². The number of amides is 3. The fourth-order valence-electron chi connectivity index (χ4n) is 3.64. The number of nitrogens with one attached hydrogen (secondary N) is 2. The van der Waals surface area contributed by atoms with Gasteiger partial charge < -0.3 is 25.0 Å². The maximum absolute atomic E-state index is 14.7. The smallest absolute Gasteiger partial charge is 0.414 e. The van der Waals surface area contributed by atoms with Crippen molar-refractivity contribution in [3.63, 3.8) is 0 Å². The van der Waals surface area contributed by atoms with Crippen molar-refractivity contribution in [2.75, 3.05) is 36.0 Å². The molecule has 0 bridgehead atoms. The maximum atomic E-state index is 14.7. The van der Waals surface area contributed by atoms with Gasteiger partial charge in [0.25, 0.3) is 0 Å². The first kappa shape index (κ1) is 18.3. The molecule has 3 heterocycles. The summed E-state index contributed by atoms with van der Waals surface area (Å²) in [4.78, 5) is 36.8. The number of benzene rings is 1. The molecule has 11 heteroatoms. The molecule has 3 saturated heterocycles. The van der Waals surface area contributed by atoms with Gasteiger partial charge in [0.1, 0.15) is 17.9 Å². The Morgan fingerprint density at radius 2 is 1.93 bits per heavy atom. The normalized spacial score (nSPS) is 26.0. The van der Waals surface area contributed by atoms with Crippen molar-refractivity contribution in [3.05, 3.63) is 23.8 Å². The standard InChI is InChI=1S/C17H18F2N4O5/c1-8(24)20-4-10-5-23(17(26)27-10)9-2-11(18)15(12(19)3-9)22-6-13-14(7-22)28-16(25)21-13/h2-3,10,13-14H,4-7H2,1H3,(H,20,24)(H,21,25)/t10?,13-,14+/m1/s1. The van der Waals surface area contributed by atoms with E-state index in [1.54, 1.807) is 0 Å². The highest BCUT2D eigenvalue weighted by Gasteiger charge is 2.43. The van der Waals surface area contributed by atoms with Crippen molar-refractivity contribution in [1.82, 2.24) is 10.6 Å². The van der Waals surface area contributed by atoms with Crippen molar-refractivity contribution in [1.29, 1.82) is 0 Å². The molecule has 3 fully saturated rings. The number of anilines is 2. The number of hydrogen-bond acceptors (Lipinski definition) is 6. The average Bonchev–Trinajstić information content (AvgIpc) is 3.25. The highest BCUT2D eigenvalue weighted by molar-refractivity contribution is 5.90. The lowest BCUT2D eigenvalue weighted by Gasteiger charge is -2.22. The Hall–Kier alpha value is -3.11. The molecule has 28 heavy (non-hydrogen) atoms. The van der Waals surface area contributed by atoms with Gasteiger partial charge in [-0.3, -0.25) is 9.69 Å². The van der Waals surface area contributed by atoms with E-state index in [0.29, 0.717) is 0 Å². The van der Waals surface area contributed by atoms with Crippen LogP contribution in [0.5, 0.6) is 0 Å². The molecule has 0 radical (unpaired) electrons. The van der Waals surface area contributed by atoms with E-state index >= 15 is 0 Å². The van der Waals surface area contributed by atoms with Gasteiger partial charge in [0.05, 0.1) is 31.4 Å². The second-order valence-corrected chi connectivity index (χ2v) is 6.91. The highest BCUT2D eigenvalue weighted by atomic mass is 19.1. The third-order valence-corrected chi connectivity index (χ3v) is 4.91. The van der Waals surface area contributed by atoms with Gasteiger partial charge in [-0.25, -0.2) is 18.4 Å². The van der Waals surface area contributed by atoms with Crippen LogP contribution in [0.15, 0.2) is 12.1 Å². The van der Waals surface area contributed by atoms with Crippen LogP contribution in [-0.2, 0) is 14.3 Å². The van der Waals surface area contributed by atoms with E-state index in [1.165, 1.54) is 11.8 Å². The maximum Gasteiger partial charge on any atom is 0.414 e. The first-order chi connectivity index (χ1) is 13.3. The Labute approximate surface area is 158 Å². The summed E-state index contributed by atoms with van der Waals surface area (Å²) < 4.78 is 39.6. The summed E-state index contributed by atoms with van der Waals surface area (Å²) in [5.41, 5.74) is -0.212. The number of carbonyl (C=O) groups is 3. The average molecular weight is 396 g/mol. The first-order valence-corrected chi connectivity index (χ1v) is 8.75. The fraction of sp³-hybridized carbons (Fsp3) is 0.471. The number of fused-ring (bicyclic) bond motifs is 1. The van der Waals surface area contributed by atoms with E-state index in [9.17, 15) is 23.2 Å². The summed E-state index contributed by atoms with van der Waals surface area (Å²) in [6.45, 7) is 1.89. The van der Waals surface area contributed by atoms with Crippen LogP contribution in [0.2, 0.25) is 0 Å². The quantitative estimate of drug-likeness (QED) is 0.778. The van der Waals surface area contributed by atoms with Gasteiger partial charge in [0.2, 0.25) is 5.91 Å². The molecule has 0 saturated carbocycles. The summed E-state index contributed by atoms with van der Waals surface area (Å²) in [7, 11) is 0. The summed E-state index contributed by atoms with van der Waals surface area (Å²) in [5.74, 6) is -1.94. The third kappa shape index (κ3) is 3.27. The zero-order chi connectivity index (χ0) is 20.0. The molecule has 1 aromatic rings. The van der Waals surface area contributed by atoms with E-state index in [4.69, 9.17) is 9.47 Å². The monoisotopic (exact) mass is 396 g/mol. The van der Waals surface area contributed by atoms with Crippen LogP contribution in [0.25, 0.3) is 0 Å². The molecule has 2 N–H and O–H groups in total. The summed E-state index contributed by atoms with van der Waals surface area (Å²) >= 11 is 0. The Kier molecular flexibility index (Phi) is 4.44. The topological polar surface area (TPSA) is 100 Å². The van der Waals surface area contributed by atoms with Crippen molar-refractivity contribution < 1.29 is 32.6 Å². The van der Waals surface area contributed by atoms with Crippen molar-refractivity contribution >= 4 is 29.5 Å². The molecule has 9 nitrogen and oxygen atoms in total. The van der Waals surface area contributed by atoms with Crippen molar-refractivity contribution in [2.45, 2.75) is 25.2 Å². The zero-order valence-electron chi connectivity index (χ0n) is 14.9. The molecule has 0 spiro atoms. The van der Waals surface area contributed by atoms with Crippen LogP contribution >= 0.6 is 0 Å². The van der Waals surface area contributed by atoms with Crippen LogP contribution < -0.4 is 20.4 Å². The Morgan fingerprint density at radius 3 is 2.57 bits per heavy atom. The van der Waals surface area contributed by atoms with E-state index in [2.05, 4.69) is 10.6 Å². The van der Waals surface area contributed by atoms with Crippen LogP contribution in [0.1, 0.15) is 6.92 Å². The number of cyclic esters (lactones) is 1. The predicted molar refractivity (Wildman–Crippen MR) is 92.1 cm³/mol. The molecule has 3 atom stereocenters. The molecule has 1 unspecified atom stereocenters. The van der Waals surface area contributed by atoms with Crippen LogP contribution in [0, 0.1) is 11.6 Å². The number of rotatable bonds is 4. The molecule has 3 aliphatic rings. The Balaban J connectivity index is 1.50. The number of nitrogens with zero attached hydrogens (tertiary/aromatic N) is 2. The highest BCUT2D eigenvalue weighted by Crippen LogP contribution is 2.34. The summed E-state index contributed by atoms with van der Waals surface area (Å²) in [5, 5.41) is 5.13. The first-order valence-electron chi connectivity index (χ1n) is 8.75. The van der Waals surface area contributed by atoms with Gasteiger partial charge in [-0.05, 0) is 0 Å². The summed E-state index contributed by atoms with van der Waals surface area (Å²) in [6.07, 6.45) is -2.35. The predicted octanol–water partition coefficient (Wildman–Crippen LogP) is 0.723. The van der Waals surface area contributed by atoms with Crippen LogP contribution in [0.3, 0.4) is 0 Å². The van der Waals surface area contributed by atoms with Gasteiger partial charge in [-0.15, -0.1) is 0 Å². The molecule has 1 aromatic carbocycles. The second kappa shape index (κ2) is 6.80. The largest absolute Gasteiger partial charge is 0.442 e. The molecular formula is C17H18F2N4O5. The number of hydrogen-bond donors (Lipinski definition) is 2. The van der Waals surface area contributed by atoms with E-state index < -0.39 is 36.0 Å². The molecule has 3 amide bonds. The Morgan fingerprint density at radius 1 is 1.21 bits per heavy atom. The lowest BCUT2D eigenvalue weighted by atomic mass is 10.2. The number of ether oxygens (including phenoxy) is 2. The van der Waals surface area contributed by atoms with E-state index in [-0.39, 0.29) is 49.5 Å². The molecule has 0 aromatic heterocycles. The van der Waals surface area contributed by atoms with Gasteiger partial charge in [0.15, 0.2) is 11.6 Å². The van der Waals surface area contributed by atoms with Gasteiger partial charge >= 0.3 is 12.2 Å². The Bertz CT molecular complexity index is 812. The minimum atomic E-state index is -0.834. The zero-order valence-corrected chi connectivity index (χ0v) is 14.9. The molecular weight excluding hydrogens is 378 g/mol. The van der Waals surface area contributed by atoms with Crippen molar-refractivity contribution in [2.24, 2.45) is 0 Å². The molecule has 4 rings (SSSR count). The van der Waals surface area contributed by atoms with Gasteiger partial charge in [-0.1, -0.05) is 0 Å². The lowest BCUT2D eigenvalue weighted by molar-refractivity contribution is -0.119. The molecule has 3 aliphatic heterocycles. The minimum absolute atomic E-state index is 0.0259. The number of halogens is 2. The lowest BCUT2D eigenvalue weighted by Crippen LogP contribution is -2.33. The number of alkyl carbamates (subject to hydrolysis) is 1. The fourth-order valence-corrected chi connectivity index (χ4v) is 3.64. The minimum Gasteiger partial charge on any atom is -0.442 e. The third-order valence-electron chi connectivity index (χ3n) is 4.91. The van der Waals surface area contributed by atoms with Gasteiger partial charge in [-0.2, -0.15) is 0 Å². The molecule has 0 aliphatic carbocycles. The van der Waals surface area contributed by atoms with Crippen LogP contribution in [0.4, 0.5) is 29.7 Å². The van der Waals surface area contributed by atoms with Crippen molar-refractivity contribution in [3.8, 4) is 0 Å². The SMILES string of the molecule is CC(=O)NCC1CN(c2cc(F)c(N3C[C@@H]4OC(=O)N[C@@H]4C3)c(F)c2)C(=O)O1. The van der Waals surface area contributed by atoms with Gasteiger partial charge in [0, 0.05) is 25.6 Å². The molecule has 150 valence electrons. The van der Waals surface area contributed by atoms with E-state index in [1.807, 2.05) is 0 Å². The number of carbonyl (C=O) groups excluding carboxylic acids is 3.